The number of benzene rings is 1. The Labute approximate surface area is 117 Å². The zero-order valence-electron chi connectivity index (χ0n) is 12.5. The Morgan fingerprint density at radius 3 is 2.42 bits per heavy atom. The lowest BCUT2D eigenvalue weighted by atomic mass is 9.88. The number of nitrogens with one attached hydrogen (secondary N) is 1. The lowest BCUT2D eigenvalue weighted by Crippen LogP contribution is -2.31. The minimum atomic E-state index is 0.410. The highest BCUT2D eigenvalue weighted by atomic mass is 16.5. The van der Waals surface area contributed by atoms with Crippen LogP contribution in [0.4, 0.5) is 0 Å². The van der Waals surface area contributed by atoms with Crippen molar-refractivity contribution in [2.45, 2.75) is 52.5 Å². The average Bonchev–Trinajstić information content (AvgIpc) is 2.85. The van der Waals surface area contributed by atoms with Crippen LogP contribution in [0.5, 0.6) is 5.75 Å². The highest BCUT2D eigenvalue weighted by molar-refractivity contribution is 5.28. The molecule has 0 radical (unpaired) electrons. The molecule has 1 aromatic rings. The van der Waals surface area contributed by atoms with Gasteiger partial charge < -0.3 is 10.1 Å². The molecule has 0 bridgehead atoms. The highest BCUT2D eigenvalue weighted by Gasteiger charge is 2.28. The van der Waals surface area contributed by atoms with E-state index in [-0.39, 0.29) is 0 Å². The lowest BCUT2D eigenvalue weighted by Gasteiger charge is -2.26. The highest BCUT2D eigenvalue weighted by Crippen LogP contribution is 2.37. The van der Waals surface area contributed by atoms with Crippen molar-refractivity contribution in [3.05, 3.63) is 29.8 Å². The maximum absolute atomic E-state index is 5.48. The van der Waals surface area contributed by atoms with Crippen LogP contribution in [-0.2, 0) is 0 Å². The van der Waals surface area contributed by atoms with Crippen LogP contribution in [0, 0.1) is 5.41 Å². The maximum Gasteiger partial charge on any atom is 0.119 e. The van der Waals surface area contributed by atoms with E-state index < -0.39 is 0 Å². The van der Waals surface area contributed by atoms with Gasteiger partial charge in [0.05, 0.1) is 6.61 Å². The molecule has 1 N–H and O–H groups in total. The van der Waals surface area contributed by atoms with Crippen LogP contribution in [-0.4, -0.2) is 13.2 Å². The molecule has 0 saturated heterocycles. The molecule has 1 atom stereocenters. The first-order chi connectivity index (χ1) is 9.13. The van der Waals surface area contributed by atoms with Gasteiger partial charge in [-0.3, -0.25) is 0 Å². The molecule has 1 fully saturated rings. The summed E-state index contributed by atoms with van der Waals surface area (Å²) in [5.74, 6) is 0.959. The predicted molar refractivity (Wildman–Crippen MR) is 80.6 cm³/mol. The van der Waals surface area contributed by atoms with Gasteiger partial charge in [-0.15, -0.1) is 0 Å². The summed E-state index contributed by atoms with van der Waals surface area (Å²) in [6.07, 6.45) is 5.54. The van der Waals surface area contributed by atoms with E-state index in [2.05, 4.69) is 43.4 Å². The lowest BCUT2D eigenvalue weighted by molar-refractivity contribution is 0.301. The Balaban J connectivity index is 1.86. The SMILES string of the molecule is CCOc1ccc(C(C)NCC2(C)CCCC2)cc1. The summed E-state index contributed by atoms with van der Waals surface area (Å²) in [5, 5.41) is 3.69. The largest absolute Gasteiger partial charge is 0.494 e. The van der Waals surface area contributed by atoms with Crippen molar-refractivity contribution in [1.82, 2.24) is 5.32 Å². The first-order valence-corrected chi connectivity index (χ1v) is 7.59. The summed E-state index contributed by atoms with van der Waals surface area (Å²) in [5.41, 5.74) is 1.85. The third-order valence-electron chi connectivity index (χ3n) is 4.34. The molecule has 1 unspecified atom stereocenters. The van der Waals surface area contributed by atoms with Crippen molar-refractivity contribution in [1.29, 1.82) is 0 Å². The molecule has 1 aromatic carbocycles. The molecule has 1 aliphatic carbocycles. The van der Waals surface area contributed by atoms with Gasteiger partial charge in [-0.1, -0.05) is 31.9 Å². The number of hydrogen-bond donors (Lipinski definition) is 1. The van der Waals surface area contributed by atoms with Crippen LogP contribution in [0.25, 0.3) is 0 Å². The monoisotopic (exact) mass is 261 g/mol. The van der Waals surface area contributed by atoms with E-state index in [9.17, 15) is 0 Å². The average molecular weight is 261 g/mol. The van der Waals surface area contributed by atoms with Crippen molar-refractivity contribution >= 4 is 0 Å². The van der Waals surface area contributed by atoms with Crippen molar-refractivity contribution in [3.63, 3.8) is 0 Å². The molecule has 0 aromatic heterocycles. The fraction of sp³-hybridized carbons (Fsp3) is 0.647. The second kappa shape index (κ2) is 6.42. The molecule has 2 heteroatoms. The number of ether oxygens (including phenoxy) is 1. The smallest absolute Gasteiger partial charge is 0.119 e. The zero-order valence-corrected chi connectivity index (χ0v) is 12.5. The normalized spacial score (nSPS) is 19.3. The van der Waals surface area contributed by atoms with E-state index in [1.165, 1.54) is 31.2 Å². The first kappa shape index (κ1) is 14.4. The molecule has 19 heavy (non-hydrogen) atoms. The van der Waals surface area contributed by atoms with E-state index in [0.717, 1.165) is 18.9 Å². The van der Waals surface area contributed by atoms with Crippen LogP contribution in [0.1, 0.15) is 58.1 Å². The van der Waals surface area contributed by atoms with Gasteiger partial charge in [0.15, 0.2) is 0 Å². The molecule has 0 amide bonds. The van der Waals surface area contributed by atoms with Gasteiger partial charge in [-0.2, -0.15) is 0 Å². The molecule has 0 spiro atoms. The Kier molecular flexibility index (Phi) is 4.87. The Hall–Kier alpha value is -1.02. The molecule has 0 aliphatic heterocycles. The third-order valence-corrected chi connectivity index (χ3v) is 4.34. The van der Waals surface area contributed by atoms with Crippen molar-refractivity contribution in [2.24, 2.45) is 5.41 Å². The van der Waals surface area contributed by atoms with Gasteiger partial charge in [0, 0.05) is 12.6 Å². The third kappa shape index (κ3) is 3.97. The fourth-order valence-electron chi connectivity index (χ4n) is 2.94. The molecule has 0 heterocycles. The standard InChI is InChI=1S/C17H27NO/c1-4-19-16-9-7-15(8-10-16)14(2)18-13-17(3)11-5-6-12-17/h7-10,14,18H,4-6,11-13H2,1-3H3. The zero-order chi connectivity index (χ0) is 13.7. The van der Waals surface area contributed by atoms with Gasteiger partial charge in [-0.05, 0) is 49.8 Å². The van der Waals surface area contributed by atoms with Crippen LogP contribution < -0.4 is 10.1 Å². The Morgan fingerprint density at radius 2 is 1.84 bits per heavy atom. The van der Waals surface area contributed by atoms with E-state index in [1.54, 1.807) is 0 Å². The van der Waals surface area contributed by atoms with Crippen LogP contribution >= 0.6 is 0 Å². The second-order valence-corrected chi connectivity index (χ2v) is 6.12. The van der Waals surface area contributed by atoms with Crippen molar-refractivity contribution < 1.29 is 4.74 Å². The first-order valence-electron chi connectivity index (χ1n) is 7.59. The van der Waals surface area contributed by atoms with Crippen LogP contribution in [0.15, 0.2) is 24.3 Å². The summed E-state index contributed by atoms with van der Waals surface area (Å²) in [7, 11) is 0. The van der Waals surface area contributed by atoms with Gasteiger partial charge in [0.2, 0.25) is 0 Å². The van der Waals surface area contributed by atoms with Crippen molar-refractivity contribution in [2.75, 3.05) is 13.2 Å². The van der Waals surface area contributed by atoms with E-state index >= 15 is 0 Å². The topological polar surface area (TPSA) is 21.3 Å². The maximum atomic E-state index is 5.48. The minimum absolute atomic E-state index is 0.410. The van der Waals surface area contributed by atoms with Crippen LogP contribution in [0.3, 0.4) is 0 Å². The fourth-order valence-corrected chi connectivity index (χ4v) is 2.94. The van der Waals surface area contributed by atoms with Gasteiger partial charge in [-0.25, -0.2) is 0 Å². The number of rotatable bonds is 6. The van der Waals surface area contributed by atoms with Crippen LogP contribution in [0.2, 0.25) is 0 Å². The molecule has 1 aliphatic rings. The Bertz CT molecular complexity index is 379. The van der Waals surface area contributed by atoms with E-state index in [1.807, 2.05) is 6.92 Å². The molecule has 2 rings (SSSR count). The van der Waals surface area contributed by atoms with E-state index in [4.69, 9.17) is 4.74 Å². The summed E-state index contributed by atoms with van der Waals surface area (Å²) in [6.45, 7) is 8.53. The van der Waals surface area contributed by atoms with Gasteiger partial charge >= 0.3 is 0 Å². The van der Waals surface area contributed by atoms with Crippen molar-refractivity contribution in [3.8, 4) is 5.75 Å². The summed E-state index contributed by atoms with van der Waals surface area (Å²) in [4.78, 5) is 0. The molecular formula is C17H27NO. The summed E-state index contributed by atoms with van der Waals surface area (Å²) < 4.78 is 5.48. The summed E-state index contributed by atoms with van der Waals surface area (Å²) >= 11 is 0. The molecule has 1 saturated carbocycles. The quantitative estimate of drug-likeness (QED) is 0.823. The van der Waals surface area contributed by atoms with E-state index in [0.29, 0.717) is 11.5 Å². The summed E-state index contributed by atoms with van der Waals surface area (Å²) in [6, 6.07) is 8.87. The molecular weight excluding hydrogens is 234 g/mol. The van der Waals surface area contributed by atoms with Gasteiger partial charge in [0.1, 0.15) is 5.75 Å². The molecule has 2 nitrogen and oxygen atoms in total. The molecule has 106 valence electrons. The predicted octanol–water partition coefficient (Wildman–Crippen LogP) is 4.32. The minimum Gasteiger partial charge on any atom is -0.494 e. The Morgan fingerprint density at radius 1 is 1.21 bits per heavy atom. The second-order valence-electron chi connectivity index (χ2n) is 6.12. The van der Waals surface area contributed by atoms with Gasteiger partial charge in [0.25, 0.3) is 0 Å². The number of hydrogen-bond acceptors (Lipinski definition) is 2.